The maximum atomic E-state index is 13.8. The lowest BCUT2D eigenvalue weighted by molar-refractivity contribution is -0.170. The minimum atomic E-state index is -1.41. The fourth-order valence-electron chi connectivity index (χ4n) is 6.89. The second-order valence-corrected chi connectivity index (χ2v) is 12.5. The molecule has 0 aliphatic heterocycles. The van der Waals surface area contributed by atoms with E-state index in [2.05, 4.69) is 0 Å². The van der Waals surface area contributed by atoms with Gasteiger partial charge in [0, 0.05) is 0 Å². The van der Waals surface area contributed by atoms with Crippen molar-refractivity contribution < 1.29 is 76.3 Å². The number of rotatable bonds is 16. The average Bonchev–Trinajstić information content (AvgIpc) is 3.12. The van der Waals surface area contributed by atoms with E-state index in [1.165, 1.54) is 0 Å². The molecule has 0 spiro atoms. The summed E-state index contributed by atoms with van der Waals surface area (Å²) in [6, 6.07) is 0. The van der Waals surface area contributed by atoms with Crippen LogP contribution >= 0.6 is 0 Å². The molecule has 1 saturated carbocycles. The van der Waals surface area contributed by atoms with Gasteiger partial charge in [0.05, 0.1) is 100 Å². The summed E-state index contributed by atoms with van der Waals surface area (Å²) in [6.07, 6.45) is -2.00. The number of carbonyl (C=O) groups excluding carboxylic acids is 8. The first-order chi connectivity index (χ1) is 25.8. The van der Waals surface area contributed by atoms with Crippen molar-refractivity contribution in [1.29, 1.82) is 0 Å². The molecule has 1 aliphatic rings. The van der Waals surface area contributed by atoms with Gasteiger partial charge in [-0.3, -0.25) is 38.4 Å². The molecule has 16 heteroatoms. The second kappa shape index (κ2) is 25.7. The molecular formula is C38H60O16. The molecule has 1 fully saturated rings. The molecule has 0 aromatic heterocycles. The van der Waals surface area contributed by atoms with E-state index in [1.54, 1.807) is 55.4 Å². The molecule has 0 aromatic carbocycles. The lowest BCUT2D eigenvalue weighted by atomic mass is 9.71. The van der Waals surface area contributed by atoms with E-state index < -0.39 is 108 Å². The van der Waals surface area contributed by atoms with Gasteiger partial charge in [-0.05, 0) is 93.9 Å². The Bertz CT molecular complexity index is 1060. The predicted molar refractivity (Wildman–Crippen MR) is 189 cm³/mol. The Morgan fingerprint density at radius 1 is 0.278 bits per heavy atom. The Morgan fingerprint density at radius 2 is 0.407 bits per heavy atom. The quantitative estimate of drug-likeness (QED) is 0.161. The van der Waals surface area contributed by atoms with Crippen molar-refractivity contribution in [2.45, 2.75) is 93.9 Å². The summed E-state index contributed by atoms with van der Waals surface area (Å²) in [5.74, 6) is -17.9. The van der Waals surface area contributed by atoms with Crippen LogP contribution in [0.3, 0.4) is 0 Å². The molecule has 0 amide bonds. The molecule has 8 unspecified atom stereocenters. The SMILES string of the molecule is CCOC(=O)C1CCC(C(=O)OCC)C(C(=O)OCC)CC(C(=O)OCC)C(C(=O)OCC)CCC(C(=O)OCC)C(C(=O)OCC)CC1C(=O)OCC. The van der Waals surface area contributed by atoms with Crippen molar-refractivity contribution in [1.82, 2.24) is 0 Å². The fraction of sp³-hybridized carbons (Fsp3) is 0.789. The Labute approximate surface area is 317 Å². The maximum Gasteiger partial charge on any atom is 0.309 e. The number of esters is 8. The molecule has 0 saturated heterocycles. The van der Waals surface area contributed by atoms with E-state index in [0.717, 1.165) is 0 Å². The fourth-order valence-corrected chi connectivity index (χ4v) is 6.89. The number of ether oxygens (including phenoxy) is 8. The van der Waals surface area contributed by atoms with Crippen LogP contribution in [0, 0.1) is 47.3 Å². The first-order valence-electron chi connectivity index (χ1n) is 19.1. The highest BCUT2D eigenvalue weighted by Gasteiger charge is 2.49. The van der Waals surface area contributed by atoms with Gasteiger partial charge in [-0.25, -0.2) is 0 Å². The van der Waals surface area contributed by atoms with E-state index in [4.69, 9.17) is 37.9 Å². The van der Waals surface area contributed by atoms with Gasteiger partial charge in [0.25, 0.3) is 0 Å². The summed E-state index contributed by atoms with van der Waals surface area (Å²) >= 11 is 0. The third-order valence-corrected chi connectivity index (χ3v) is 9.25. The molecule has 16 nitrogen and oxygen atoms in total. The average molecular weight is 773 g/mol. The van der Waals surface area contributed by atoms with Gasteiger partial charge in [-0.2, -0.15) is 0 Å². The van der Waals surface area contributed by atoms with Gasteiger partial charge < -0.3 is 37.9 Å². The van der Waals surface area contributed by atoms with Crippen molar-refractivity contribution in [3.05, 3.63) is 0 Å². The standard InChI is InChI=1S/C38H60O16/c1-9-47-31(39)23-17-18-24(32(40)48-10-2)29(37(45)53-15-7)22-30(38(46)54-16-8)26(34(42)50-12-4)20-19-25(33(41)49-11-3)28(36(44)52-14-6)21-27(23)35(43)51-13-5/h23-30H,9-22H2,1-8H3. The summed E-state index contributed by atoms with van der Waals surface area (Å²) in [5.41, 5.74) is 0. The highest BCUT2D eigenvalue weighted by atomic mass is 16.6. The van der Waals surface area contributed by atoms with E-state index in [1.807, 2.05) is 0 Å². The Kier molecular flexibility index (Phi) is 22.8. The van der Waals surface area contributed by atoms with Gasteiger partial charge in [0.2, 0.25) is 0 Å². The van der Waals surface area contributed by atoms with Crippen LogP contribution in [-0.2, 0) is 76.3 Å². The normalized spacial score (nSPS) is 25.0. The molecule has 1 aliphatic carbocycles. The Morgan fingerprint density at radius 3 is 0.537 bits per heavy atom. The zero-order valence-corrected chi connectivity index (χ0v) is 33.1. The van der Waals surface area contributed by atoms with Gasteiger partial charge in [0.1, 0.15) is 0 Å². The van der Waals surface area contributed by atoms with Crippen LogP contribution in [0.25, 0.3) is 0 Å². The largest absolute Gasteiger partial charge is 0.466 e. The Balaban J connectivity index is 4.35. The van der Waals surface area contributed by atoms with E-state index in [0.29, 0.717) is 0 Å². The molecule has 0 N–H and O–H groups in total. The monoisotopic (exact) mass is 772 g/mol. The molecule has 54 heavy (non-hydrogen) atoms. The van der Waals surface area contributed by atoms with Crippen molar-refractivity contribution >= 4 is 47.8 Å². The summed E-state index contributed by atoms with van der Waals surface area (Å²) in [6.45, 7) is 11.8. The predicted octanol–water partition coefficient (Wildman–Crippen LogP) is 3.78. The van der Waals surface area contributed by atoms with Crippen LogP contribution < -0.4 is 0 Å². The second-order valence-electron chi connectivity index (χ2n) is 12.5. The van der Waals surface area contributed by atoms with Gasteiger partial charge in [-0.15, -0.1) is 0 Å². The minimum absolute atomic E-state index is 0.0825. The zero-order chi connectivity index (χ0) is 40.8. The lowest BCUT2D eigenvalue weighted by Gasteiger charge is -2.34. The number of hydrogen-bond acceptors (Lipinski definition) is 16. The Hall–Kier alpha value is -4.24. The summed E-state index contributed by atoms with van der Waals surface area (Å²) < 4.78 is 43.1. The lowest BCUT2D eigenvalue weighted by Crippen LogP contribution is -2.43. The minimum Gasteiger partial charge on any atom is -0.466 e. The third kappa shape index (κ3) is 14.2. The van der Waals surface area contributed by atoms with Crippen LogP contribution in [0.5, 0.6) is 0 Å². The van der Waals surface area contributed by atoms with Gasteiger partial charge in [-0.1, -0.05) is 0 Å². The summed E-state index contributed by atoms with van der Waals surface area (Å²) in [7, 11) is 0. The van der Waals surface area contributed by atoms with E-state index in [-0.39, 0.29) is 78.5 Å². The summed E-state index contributed by atoms with van der Waals surface area (Å²) in [5, 5.41) is 0. The number of carbonyl (C=O) groups is 8. The van der Waals surface area contributed by atoms with Crippen LogP contribution in [0.4, 0.5) is 0 Å². The van der Waals surface area contributed by atoms with Gasteiger partial charge >= 0.3 is 47.8 Å². The summed E-state index contributed by atoms with van der Waals surface area (Å²) in [4.78, 5) is 110. The van der Waals surface area contributed by atoms with Crippen molar-refractivity contribution in [2.24, 2.45) is 47.3 Å². The zero-order valence-electron chi connectivity index (χ0n) is 33.1. The highest BCUT2D eigenvalue weighted by molar-refractivity contribution is 5.87. The van der Waals surface area contributed by atoms with E-state index in [9.17, 15) is 38.4 Å². The topological polar surface area (TPSA) is 210 Å². The first-order valence-corrected chi connectivity index (χ1v) is 19.1. The van der Waals surface area contributed by atoms with Crippen LogP contribution in [-0.4, -0.2) is 101 Å². The van der Waals surface area contributed by atoms with Crippen molar-refractivity contribution in [2.75, 3.05) is 52.9 Å². The van der Waals surface area contributed by atoms with Crippen LogP contribution in [0.15, 0.2) is 0 Å². The third-order valence-electron chi connectivity index (χ3n) is 9.25. The number of hydrogen-bond donors (Lipinski definition) is 0. The van der Waals surface area contributed by atoms with Crippen LogP contribution in [0.2, 0.25) is 0 Å². The molecule has 8 atom stereocenters. The molecule has 0 bridgehead atoms. The molecule has 0 aromatic rings. The molecular weight excluding hydrogens is 712 g/mol. The first kappa shape index (κ1) is 47.8. The maximum absolute atomic E-state index is 13.8. The van der Waals surface area contributed by atoms with Crippen LogP contribution in [0.1, 0.15) is 93.9 Å². The molecule has 308 valence electrons. The molecule has 1 rings (SSSR count). The molecule has 0 heterocycles. The van der Waals surface area contributed by atoms with Gasteiger partial charge in [0.15, 0.2) is 0 Å². The van der Waals surface area contributed by atoms with E-state index >= 15 is 0 Å². The highest BCUT2D eigenvalue weighted by Crippen LogP contribution is 2.40. The van der Waals surface area contributed by atoms with Crippen molar-refractivity contribution in [3.8, 4) is 0 Å². The molecule has 0 radical (unpaired) electrons. The van der Waals surface area contributed by atoms with Crippen molar-refractivity contribution in [3.63, 3.8) is 0 Å². The smallest absolute Gasteiger partial charge is 0.309 e.